The van der Waals surface area contributed by atoms with Crippen LogP contribution < -0.4 is 41.5 Å². The van der Waals surface area contributed by atoms with Crippen molar-refractivity contribution in [2.24, 2.45) is 0 Å². The number of fused-ring (bicyclic) bond motifs is 7. The van der Waals surface area contributed by atoms with Crippen LogP contribution in [0.25, 0.3) is 38.6 Å². The van der Waals surface area contributed by atoms with Gasteiger partial charge in [0.25, 0.3) is 0 Å². The molecule has 10 aromatic carbocycles. The van der Waals surface area contributed by atoms with Gasteiger partial charge in [-0.3, -0.25) is 0 Å². The summed E-state index contributed by atoms with van der Waals surface area (Å²) in [5.41, 5.74) is 9.19. The number of hydrogen-bond donors (Lipinski definition) is 0. The maximum absolute atomic E-state index is 2.76. The maximum Gasteiger partial charge on any atom is 0.179 e. The maximum atomic E-state index is 2.57. The van der Waals surface area contributed by atoms with Crippen LogP contribution in [0, 0.1) is 0 Å². The van der Waals surface area contributed by atoms with E-state index in [1.54, 1.807) is 0 Å². The molecule has 0 spiro atoms. The van der Waals surface area contributed by atoms with Crippen molar-refractivity contribution in [1.82, 2.24) is 4.57 Å². The molecule has 0 amide bonds. The summed E-state index contributed by atoms with van der Waals surface area (Å²) >= 11 is 0. The van der Waals surface area contributed by atoms with Gasteiger partial charge in [-0.25, -0.2) is 0 Å². The van der Waals surface area contributed by atoms with Crippen molar-refractivity contribution in [1.29, 1.82) is 0 Å². The van der Waals surface area contributed by atoms with Gasteiger partial charge in [-0.1, -0.05) is 243 Å². The van der Waals surface area contributed by atoms with Crippen LogP contribution in [0.15, 0.2) is 261 Å². The lowest BCUT2D eigenvalue weighted by molar-refractivity contribution is 1.15. The van der Waals surface area contributed by atoms with Gasteiger partial charge in [0.1, 0.15) is 0 Å². The zero-order valence-electron chi connectivity index (χ0n) is 35.5. The molecule has 1 aliphatic rings. The molecule has 1 heterocycles. The van der Waals surface area contributed by atoms with E-state index in [-0.39, 0.29) is 0 Å². The summed E-state index contributed by atoms with van der Waals surface area (Å²) < 4.78 is 2.55. The molecular weight excluding hydrogens is 803 g/mol. The van der Waals surface area contributed by atoms with Gasteiger partial charge in [-0.15, -0.1) is 0 Å². The predicted octanol–water partition coefficient (Wildman–Crippen LogP) is 9.11. The molecule has 0 atom stereocenters. The molecule has 1 aliphatic carbocycles. The number of aromatic nitrogens is 1. The van der Waals surface area contributed by atoms with Crippen molar-refractivity contribution in [2.75, 3.05) is 0 Å². The van der Waals surface area contributed by atoms with Gasteiger partial charge in [0.05, 0.1) is 11.0 Å². The van der Waals surface area contributed by atoms with E-state index in [2.05, 4.69) is 265 Å². The number of para-hydroxylation sites is 1. The Morgan fingerprint density at radius 2 is 0.688 bits per heavy atom. The van der Waals surface area contributed by atoms with Crippen LogP contribution in [0.2, 0.25) is 0 Å². The minimum Gasteiger partial charge on any atom is -0.309 e. The summed E-state index contributed by atoms with van der Waals surface area (Å²) in [4.78, 5) is 0. The van der Waals surface area contributed by atoms with E-state index in [9.17, 15) is 0 Å². The fourth-order valence-electron chi connectivity index (χ4n) is 11.2. The Bertz CT molecular complexity index is 3230. The lowest BCUT2D eigenvalue weighted by atomic mass is 10.0. The zero-order chi connectivity index (χ0) is 42.5. The van der Waals surface area contributed by atoms with Crippen LogP contribution in [0.4, 0.5) is 0 Å². The van der Waals surface area contributed by atoms with Gasteiger partial charge in [-0.2, -0.15) is 0 Å². The highest BCUT2D eigenvalue weighted by Crippen LogP contribution is 2.44. The van der Waals surface area contributed by atoms with E-state index in [4.69, 9.17) is 0 Å². The number of benzene rings is 10. The third kappa shape index (κ3) is 5.82. The Kier molecular flexibility index (Phi) is 9.33. The topological polar surface area (TPSA) is 4.93 Å². The van der Waals surface area contributed by atoms with Gasteiger partial charge in [0, 0.05) is 22.9 Å². The highest BCUT2D eigenvalue weighted by Gasteiger charge is 2.43. The molecule has 0 aliphatic heterocycles. The highest BCUT2D eigenvalue weighted by atomic mass is 28.3. The third-order valence-electron chi connectivity index (χ3n) is 13.9. The van der Waals surface area contributed by atoms with Crippen molar-refractivity contribution in [3.63, 3.8) is 0 Å². The van der Waals surface area contributed by atoms with Crippen molar-refractivity contribution < 1.29 is 0 Å². The first kappa shape index (κ1) is 38.1. The van der Waals surface area contributed by atoms with Crippen LogP contribution in [-0.2, 0) is 6.42 Å². The molecular formula is C61H45NSi2. The van der Waals surface area contributed by atoms with E-state index in [1.807, 2.05) is 0 Å². The Labute approximate surface area is 377 Å². The van der Waals surface area contributed by atoms with E-state index in [1.165, 1.54) is 91.2 Å². The van der Waals surface area contributed by atoms with Crippen LogP contribution >= 0.6 is 0 Å². The summed E-state index contributed by atoms with van der Waals surface area (Å²) in [6, 6.07) is 98.4. The lowest BCUT2D eigenvalue weighted by Gasteiger charge is -2.34. The van der Waals surface area contributed by atoms with Crippen molar-refractivity contribution in [3.8, 4) is 16.8 Å². The normalized spacial score (nSPS) is 12.3. The summed E-state index contributed by atoms with van der Waals surface area (Å²) in [5.74, 6) is 0. The average molecular weight is 848 g/mol. The summed E-state index contributed by atoms with van der Waals surface area (Å²) in [6.45, 7) is 0. The number of rotatable bonds is 9. The summed E-state index contributed by atoms with van der Waals surface area (Å²) in [6.07, 6.45) is 0.881. The van der Waals surface area contributed by atoms with Gasteiger partial charge in [-0.05, 0) is 81.9 Å². The van der Waals surface area contributed by atoms with E-state index >= 15 is 0 Å². The first-order chi connectivity index (χ1) is 31.8. The predicted molar refractivity (Wildman–Crippen MR) is 276 cm³/mol. The summed E-state index contributed by atoms with van der Waals surface area (Å²) in [5, 5.41) is 13.7. The third-order valence-corrected chi connectivity index (χ3v) is 23.5. The molecule has 1 nitrogen and oxygen atoms in total. The second-order valence-electron chi connectivity index (χ2n) is 17.1. The molecule has 0 fully saturated rings. The number of nitrogens with zero attached hydrogens (tertiary/aromatic N) is 1. The van der Waals surface area contributed by atoms with Crippen LogP contribution in [0.5, 0.6) is 0 Å². The Hall–Kier alpha value is -7.57. The molecule has 0 radical (unpaired) electrons. The molecule has 11 aromatic rings. The minimum atomic E-state index is -2.76. The second-order valence-corrected chi connectivity index (χ2v) is 24.8. The lowest BCUT2D eigenvalue weighted by Crippen LogP contribution is -2.74. The molecule has 3 heteroatoms. The Morgan fingerprint density at radius 3 is 1.12 bits per heavy atom. The van der Waals surface area contributed by atoms with Gasteiger partial charge < -0.3 is 4.57 Å². The molecule has 0 N–H and O–H groups in total. The first-order valence-electron chi connectivity index (χ1n) is 22.4. The smallest absolute Gasteiger partial charge is 0.179 e. The van der Waals surface area contributed by atoms with Gasteiger partial charge >= 0.3 is 0 Å². The van der Waals surface area contributed by atoms with Gasteiger partial charge in [0.15, 0.2) is 16.1 Å². The Balaban J connectivity index is 1.12. The Morgan fingerprint density at radius 1 is 0.297 bits per heavy atom. The zero-order valence-corrected chi connectivity index (χ0v) is 37.5. The molecule has 1 aromatic heterocycles. The largest absolute Gasteiger partial charge is 0.309 e. The highest BCUT2D eigenvalue weighted by molar-refractivity contribution is 7.20. The standard InChI is InChI=1S/C61H45NSi2/c1-8-22-46(23-9-1)62-60-41-38-54(64(50-30-16-5-17-31-50,51-32-18-6-19-33-51)52-34-20-7-21-35-52)44-58(60)56-40-39-55-57-43-53(37-36-45(57)42-59(55)61(56)62)63(47-24-10-2-11-25-47,48-26-12-3-13-27-48)49-28-14-4-15-29-49/h1-41,43-44H,42H2. The monoisotopic (exact) mass is 847 g/mol. The fourth-order valence-corrected chi connectivity index (χ4v) is 20.8. The molecule has 64 heavy (non-hydrogen) atoms. The van der Waals surface area contributed by atoms with Crippen LogP contribution in [0.3, 0.4) is 0 Å². The summed E-state index contributed by atoms with van der Waals surface area (Å²) in [7, 11) is -5.48. The number of hydrogen-bond acceptors (Lipinski definition) is 0. The quantitative estimate of drug-likeness (QED) is 0.101. The van der Waals surface area contributed by atoms with E-state index in [0.29, 0.717) is 0 Å². The molecule has 0 unspecified atom stereocenters. The van der Waals surface area contributed by atoms with E-state index in [0.717, 1.165) is 6.42 Å². The minimum absolute atomic E-state index is 0.881. The fraction of sp³-hybridized carbons (Fsp3) is 0.0164. The molecule has 0 saturated heterocycles. The van der Waals surface area contributed by atoms with Crippen molar-refractivity contribution >= 4 is 79.4 Å². The van der Waals surface area contributed by atoms with Gasteiger partial charge in [0.2, 0.25) is 0 Å². The molecule has 12 rings (SSSR count). The molecule has 302 valence electrons. The van der Waals surface area contributed by atoms with Crippen LogP contribution in [-0.4, -0.2) is 20.7 Å². The average Bonchev–Trinajstić information content (AvgIpc) is 3.92. The van der Waals surface area contributed by atoms with Crippen LogP contribution in [0.1, 0.15) is 11.1 Å². The SMILES string of the molecule is c1ccc(-n2c3ccc([Si](c4ccccc4)(c4ccccc4)c4ccccc4)cc3c3ccc4c(c32)Cc2ccc([Si](c3ccccc3)(c3ccccc3)c3ccccc3)cc2-4)cc1. The van der Waals surface area contributed by atoms with Crippen molar-refractivity contribution in [2.45, 2.75) is 6.42 Å². The first-order valence-corrected chi connectivity index (χ1v) is 26.4. The van der Waals surface area contributed by atoms with Crippen molar-refractivity contribution in [3.05, 3.63) is 272 Å². The molecule has 0 saturated carbocycles. The molecule has 0 bridgehead atoms. The van der Waals surface area contributed by atoms with E-state index < -0.39 is 16.1 Å². The second kappa shape index (κ2) is 15.7.